The molecule has 0 bridgehead atoms. The molecule has 1 saturated heterocycles. The van der Waals surface area contributed by atoms with Crippen LogP contribution in [0.4, 0.5) is 0 Å². The standard InChI is InChI=1S/C16H21N3O2/c1-11(13-4-2-12(10-17)3-5-13)19-8-6-14(7-9-19)15(20)16(18)21/h2-5,11,14-15,20H,6-9H2,1H3,(H2,18,21). The number of nitrogens with zero attached hydrogens (tertiary/aromatic N) is 2. The number of hydrogen-bond donors (Lipinski definition) is 2. The first-order valence-electron chi connectivity index (χ1n) is 7.24. The molecule has 0 saturated carbocycles. The molecule has 1 aromatic carbocycles. The number of nitrogens with two attached hydrogens (primary N) is 1. The second-order valence-electron chi connectivity index (χ2n) is 5.63. The van der Waals surface area contributed by atoms with Crippen LogP contribution in [0.3, 0.4) is 0 Å². The average molecular weight is 287 g/mol. The fourth-order valence-corrected chi connectivity index (χ4v) is 2.90. The molecule has 2 atom stereocenters. The van der Waals surface area contributed by atoms with Gasteiger partial charge in [0.05, 0.1) is 11.6 Å². The summed E-state index contributed by atoms with van der Waals surface area (Å²) in [6, 6.07) is 9.99. The molecule has 2 rings (SSSR count). The van der Waals surface area contributed by atoms with Crippen molar-refractivity contribution < 1.29 is 9.90 Å². The minimum atomic E-state index is -1.03. The summed E-state index contributed by atoms with van der Waals surface area (Å²) >= 11 is 0. The third-order valence-corrected chi connectivity index (χ3v) is 4.38. The van der Waals surface area contributed by atoms with Crippen LogP contribution in [0.2, 0.25) is 0 Å². The van der Waals surface area contributed by atoms with Crippen LogP contribution in [0.1, 0.15) is 36.9 Å². The minimum Gasteiger partial charge on any atom is -0.383 e. The summed E-state index contributed by atoms with van der Waals surface area (Å²) in [6.45, 7) is 3.79. The maximum absolute atomic E-state index is 11.0. The molecule has 1 aliphatic heterocycles. The van der Waals surface area contributed by atoms with Gasteiger partial charge in [-0.3, -0.25) is 9.69 Å². The molecule has 1 aliphatic rings. The van der Waals surface area contributed by atoms with E-state index in [1.807, 2.05) is 24.3 Å². The molecule has 0 spiro atoms. The van der Waals surface area contributed by atoms with Crippen molar-refractivity contribution in [3.05, 3.63) is 35.4 Å². The second kappa shape index (κ2) is 6.70. The summed E-state index contributed by atoms with van der Waals surface area (Å²) in [5.74, 6) is -0.666. The number of nitriles is 1. The maximum atomic E-state index is 11.0. The zero-order valence-corrected chi connectivity index (χ0v) is 12.2. The van der Waals surface area contributed by atoms with Gasteiger partial charge < -0.3 is 10.8 Å². The van der Waals surface area contributed by atoms with Crippen molar-refractivity contribution in [2.45, 2.75) is 31.9 Å². The zero-order valence-electron chi connectivity index (χ0n) is 12.2. The van der Waals surface area contributed by atoms with Crippen LogP contribution in [-0.4, -0.2) is 35.1 Å². The van der Waals surface area contributed by atoms with E-state index in [-0.39, 0.29) is 12.0 Å². The number of likely N-dealkylation sites (tertiary alicyclic amines) is 1. The van der Waals surface area contributed by atoms with Gasteiger partial charge in [0.25, 0.3) is 0 Å². The van der Waals surface area contributed by atoms with E-state index in [2.05, 4.69) is 17.9 Å². The second-order valence-corrected chi connectivity index (χ2v) is 5.63. The highest BCUT2D eigenvalue weighted by Gasteiger charge is 2.30. The lowest BCUT2D eigenvalue weighted by Crippen LogP contribution is -2.43. The molecular weight excluding hydrogens is 266 g/mol. The van der Waals surface area contributed by atoms with Crippen LogP contribution in [0.5, 0.6) is 0 Å². The van der Waals surface area contributed by atoms with Crippen molar-refractivity contribution in [3.8, 4) is 6.07 Å². The molecular formula is C16H21N3O2. The Morgan fingerprint density at radius 3 is 2.43 bits per heavy atom. The van der Waals surface area contributed by atoms with Gasteiger partial charge in [0.2, 0.25) is 5.91 Å². The summed E-state index contributed by atoms with van der Waals surface area (Å²) in [4.78, 5) is 13.4. The molecule has 5 heteroatoms. The highest BCUT2D eigenvalue weighted by atomic mass is 16.3. The first-order chi connectivity index (χ1) is 10.0. The number of aliphatic hydroxyl groups excluding tert-OH is 1. The predicted octanol–water partition coefficient (Wildman–Crippen LogP) is 1.18. The number of carbonyl (C=O) groups excluding carboxylic acids is 1. The molecule has 0 radical (unpaired) electrons. The molecule has 1 fully saturated rings. The number of piperidine rings is 1. The third kappa shape index (κ3) is 3.60. The van der Waals surface area contributed by atoms with E-state index in [0.29, 0.717) is 5.56 Å². The molecule has 0 aliphatic carbocycles. The van der Waals surface area contributed by atoms with Crippen molar-refractivity contribution in [1.82, 2.24) is 4.90 Å². The Hall–Kier alpha value is -1.90. The van der Waals surface area contributed by atoms with E-state index in [4.69, 9.17) is 11.0 Å². The van der Waals surface area contributed by atoms with Gasteiger partial charge in [0.1, 0.15) is 6.10 Å². The molecule has 5 nitrogen and oxygen atoms in total. The highest BCUT2D eigenvalue weighted by molar-refractivity contribution is 5.78. The third-order valence-electron chi connectivity index (χ3n) is 4.38. The topological polar surface area (TPSA) is 90.3 Å². The SMILES string of the molecule is CC(c1ccc(C#N)cc1)N1CCC(C(O)C(N)=O)CC1. The van der Waals surface area contributed by atoms with E-state index >= 15 is 0 Å². The molecule has 1 aromatic rings. The summed E-state index contributed by atoms with van der Waals surface area (Å²) in [5.41, 5.74) is 6.98. The Morgan fingerprint density at radius 2 is 1.95 bits per heavy atom. The lowest BCUT2D eigenvalue weighted by molar-refractivity contribution is -0.129. The van der Waals surface area contributed by atoms with Crippen LogP contribution in [0, 0.1) is 17.2 Å². The van der Waals surface area contributed by atoms with Crippen LogP contribution in [0.25, 0.3) is 0 Å². The number of hydrogen-bond acceptors (Lipinski definition) is 4. The van der Waals surface area contributed by atoms with Gasteiger partial charge in [-0.15, -0.1) is 0 Å². The molecule has 21 heavy (non-hydrogen) atoms. The number of primary amides is 1. The van der Waals surface area contributed by atoms with Crippen molar-refractivity contribution in [2.24, 2.45) is 11.7 Å². The van der Waals surface area contributed by atoms with E-state index < -0.39 is 12.0 Å². The Morgan fingerprint density at radius 1 is 1.38 bits per heavy atom. The molecule has 112 valence electrons. The minimum absolute atomic E-state index is 0.0353. The summed E-state index contributed by atoms with van der Waals surface area (Å²) < 4.78 is 0. The first kappa shape index (κ1) is 15.5. The fourth-order valence-electron chi connectivity index (χ4n) is 2.90. The predicted molar refractivity (Wildman–Crippen MR) is 79.1 cm³/mol. The highest BCUT2D eigenvalue weighted by Crippen LogP contribution is 2.28. The number of aliphatic hydroxyl groups is 1. The summed E-state index contributed by atoms with van der Waals surface area (Å²) in [6.07, 6.45) is 0.507. The Bertz CT molecular complexity index is 527. The summed E-state index contributed by atoms with van der Waals surface area (Å²) in [7, 11) is 0. The van der Waals surface area contributed by atoms with Crippen molar-refractivity contribution in [3.63, 3.8) is 0 Å². The normalized spacial score (nSPS) is 19.7. The van der Waals surface area contributed by atoms with Gasteiger partial charge in [-0.2, -0.15) is 5.26 Å². The van der Waals surface area contributed by atoms with Crippen LogP contribution in [0.15, 0.2) is 24.3 Å². The van der Waals surface area contributed by atoms with Crippen molar-refractivity contribution in [2.75, 3.05) is 13.1 Å². The molecule has 3 N–H and O–H groups in total. The molecule has 0 aromatic heterocycles. The number of carbonyl (C=O) groups is 1. The smallest absolute Gasteiger partial charge is 0.246 e. The quantitative estimate of drug-likeness (QED) is 0.870. The Kier molecular flexibility index (Phi) is 4.94. The van der Waals surface area contributed by atoms with Gasteiger partial charge in [-0.05, 0) is 56.5 Å². The Labute approximate surface area is 125 Å². The van der Waals surface area contributed by atoms with Crippen LogP contribution in [-0.2, 0) is 4.79 Å². The number of amides is 1. The van der Waals surface area contributed by atoms with Crippen molar-refractivity contribution in [1.29, 1.82) is 5.26 Å². The lowest BCUT2D eigenvalue weighted by Gasteiger charge is -2.37. The van der Waals surface area contributed by atoms with Gasteiger partial charge in [0.15, 0.2) is 0 Å². The van der Waals surface area contributed by atoms with E-state index in [1.165, 1.54) is 5.56 Å². The van der Waals surface area contributed by atoms with Gasteiger partial charge in [-0.1, -0.05) is 12.1 Å². The zero-order chi connectivity index (χ0) is 15.4. The van der Waals surface area contributed by atoms with Gasteiger partial charge in [-0.25, -0.2) is 0 Å². The van der Waals surface area contributed by atoms with E-state index in [9.17, 15) is 9.90 Å². The monoisotopic (exact) mass is 287 g/mol. The van der Waals surface area contributed by atoms with Crippen LogP contribution < -0.4 is 5.73 Å². The fraction of sp³-hybridized carbons (Fsp3) is 0.500. The summed E-state index contributed by atoms with van der Waals surface area (Å²) in [5, 5.41) is 18.5. The van der Waals surface area contributed by atoms with Crippen molar-refractivity contribution >= 4 is 5.91 Å². The molecule has 1 heterocycles. The average Bonchev–Trinajstić information content (AvgIpc) is 2.53. The van der Waals surface area contributed by atoms with E-state index in [1.54, 1.807) is 0 Å². The van der Waals surface area contributed by atoms with Crippen LogP contribution >= 0.6 is 0 Å². The van der Waals surface area contributed by atoms with E-state index in [0.717, 1.165) is 25.9 Å². The number of benzene rings is 1. The molecule has 1 amide bonds. The maximum Gasteiger partial charge on any atom is 0.246 e. The first-order valence-corrected chi connectivity index (χ1v) is 7.24. The molecule has 2 unspecified atom stereocenters. The number of rotatable bonds is 4. The lowest BCUT2D eigenvalue weighted by atomic mass is 9.89. The largest absolute Gasteiger partial charge is 0.383 e. The Balaban J connectivity index is 1.95. The van der Waals surface area contributed by atoms with Gasteiger partial charge >= 0.3 is 0 Å². The van der Waals surface area contributed by atoms with Gasteiger partial charge in [0, 0.05) is 6.04 Å².